The molecule has 0 radical (unpaired) electrons. The minimum atomic E-state index is 0.760. The summed E-state index contributed by atoms with van der Waals surface area (Å²) in [6.45, 7) is 5.94. The molecule has 3 nitrogen and oxygen atoms in total. The fourth-order valence-electron chi connectivity index (χ4n) is 1.54. The van der Waals surface area contributed by atoms with Gasteiger partial charge in [0.25, 0.3) is 0 Å². The molecule has 0 saturated carbocycles. The van der Waals surface area contributed by atoms with Crippen LogP contribution in [0, 0.1) is 20.8 Å². The summed E-state index contributed by atoms with van der Waals surface area (Å²) >= 11 is 1.60. The molecule has 4 N–H and O–H groups in total. The van der Waals surface area contributed by atoms with Gasteiger partial charge in [0.15, 0.2) is 0 Å². The number of nitrogens with two attached hydrogens (primary N) is 2. The zero-order chi connectivity index (χ0) is 10.5. The van der Waals surface area contributed by atoms with Crippen LogP contribution in [0.25, 0.3) is 10.2 Å². The number of aryl methyl sites for hydroxylation is 1. The van der Waals surface area contributed by atoms with Crippen molar-refractivity contribution >= 4 is 32.9 Å². The topological polar surface area (TPSA) is 64.9 Å². The van der Waals surface area contributed by atoms with Crippen molar-refractivity contribution in [3.8, 4) is 0 Å². The zero-order valence-corrected chi connectivity index (χ0v) is 9.33. The molecule has 0 spiro atoms. The lowest BCUT2D eigenvalue weighted by Gasteiger charge is -2.08. The van der Waals surface area contributed by atoms with Crippen molar-refractivity contribution in [2.75, 3.05) is 11.5 Å². The Labute approximate surface area is 86.7 Å². The summed E-state index contributed by atoms with van der Waals surface area (Å²) in [6.07, 6.45) is 0. The molecule has 0 amide bonds. The molecule has 0 aliphatic carbocycles. The van der Waals surface area contributed by atoms with Gasteiger partial charge in [-0.2, -0.15) is 0 Å². The summed E-state index contributed by atoms with van der Waals surface area (Å²) in [4.78, 5) is 4.39. The number of nitrogen functional groups attached to an aromatic ring is 2. The predicted octanol–water partition coefficient (Wildman–Crippen LogP) is 2.39. The molecule has 0 bridgehead atoms. The maximum atomic E-state index is 6.02. The predicted molar refractivity (Wildman–Crippen MR) is 62.7 cm³/mol. The first-order valence-electron chi connectivity index (χ1n) is 4.43. The van der Waals surface area contributed by atoms with Crippen molar-refractivity contribution in [3.05, 3.63) is 16.1 Å². The van der Waals surface area contributed by atoms with Gasteiger partial charge in [0.2, 0.25) is 0 Å². The summed E-state index contributed by atoms with van der Waals surface area (Å²) in [5.74, 6) is 0. The van der Waals surface area contributed by atoms with Crippen molar-refractivity contribution in [1.29, 1.82) is 0 Å². The monoisotopic (exact) mass is 207 g/mol. The summed E-state index contributed by atoms with van der Waals surface area (Å²) in [6, 6.07) is 0. The van der Waals surface area contributed by atoms with Crippen molar-refractivity contribution < 1.29 is 0 Å². The van der Waals surface area contributed by atoms with Gasteiger partial charge in [-0.25, -0.2) is 4.98 Å². The Morgan fingerprint density at radius 3 is 2.21 bits per heavy atom. The third-order valence-electron chi connectivity index (χ3n) is 2.60. The SMILES string of the molecule is Cc1nc2c(N)c(C)c(C)c(N)c2s1. The van der Waals surface area contributed by atoms with E-state index in [1.807, 2.05) is 20.8 Å². The van der Waals surface area contributed by atoms with Crippen LogP contribution in [-0.2, 0) is 0 Å². The average Bonchev–Trinajstić information content (AvgIpc) is 2.54. The Balaban J connectivity index is 3.01. The Morgan fingerprint density at radius 1 is 1.00 bits per heavy atom. The van der Waals surface area contributed by atoms with Crippen LogP contribution in [0.5, 0.6) is 0 Å². The van der Waals surface area contributed by atoms with E-state index in [1.165, 1.54) is 0 Å². The number of hydrogen-bond acceptors (Lipinski definition) is 4. The van der Waals surface area contributed by atoms with Crippen LogP contribution in [0.2, 0.25) is 0 Å². The molecule has 0 atom stereocenters. The van der Waals surface area contributed by atoms with E-state index in [4.69, 9.17) is 11.5 Å². The maximum absolute atomic E-state index is 6.02. The maximum Gasteiger partial charge on any atom is 0.107 e. The first-order chi connectivity index (χ1) is 6.52. The van der Waals surface area contributed by atoms with E-state index in [1.54, 1.807) is 11.3 Å². The van der Waals surface area contributed by atoms with Gasteiger partial charge in [-0.1, -0.05) is 0 Å². The Bertz CT molecular complexity index is 469. The molecule has 2 rings (SSSR count). The summed E-state index contributed by atoms with van der Waals surface area (Å²) in [7, 11) is 0. The van der Waals surface area contributed by atoms with Crippen LogP contribution in [0.4, 0.5) is 11.4 Å². The summed E-state index contributed by atoms with van der Waals surface area (Å²) in [5.41, 5.74) is 16.5. The fraction of sp³-hybridized carbons (Fsp3) is 0.300. The Morgan fingerprint density at radius 2 is 1.57 bits per heavy atom. The number of fused-ring (bicyclic) bond motifs is 1. The number of thiazole rings is 1. The normalized spacial score (nSPS) is 11.1. The van der Waals surface area contributed by atoms with E-state index in [0.29, 0.717) is 0 Å². The molecule has 1 aromatic heterocycles. The summed E-state index contributed by atoms with van der Waals surface area (Å²) < 4.78 is 1.02. The molecule has 0 aliphatic rings. The van der Waals surface area contributed by atoms with Crippen LogP contribution in [-0.4, -0.2) is 4.98 Å². The van der Waals surface area contributed by atoms with Crippen molar-refractivity contribution in [3.63, 3.8) is 0 Å². The number of anilines is 2. The molecule has 14 heavy (non-hydrogen) atoms. The molecular weight excluding hydrogens is 194 g/mol. The van der Waals surface area contributed by atoms with Gasteiger partial charge in [-0.3, -0.25) is 0 Å². The Hall–Kier alpha value is -1.29. The van der Waals surface area contributed by atoms with E-state index in [-0.39, 0.29) is 0 Å². The van der Waals surface area contributed by atoms with Gasteiger partial charge < -0.3 is 11.5 Å². The first kappa shape index (κ1) is 9.27. The highest BCUT2D eigenvalue weighted by atomic mass is 32.1. The molecule has 0 fully saturated rings. The van der Waals surface area contributed by atoms with Crippen LogP contribution in [0.3, 0.4) is 0 Å². The lowest BCUT2D eigenvalue weighted by molar-refractivity contribution is 1.32. The number of nitrogens with zero attached hydrogens (tertiary/aromatic N) is 1. The summed E-state index contributed by atoms with van der Waals surface area (Å²) in [5, 5.41) is 1.00. The largest absolute Gasteiger partial charge is 0.397 e. The number of hydrogen-bond donors (Lipinski definition) is 2. The lowest BCUT2D eigenvalue weighted by atomic mass is 10.1. The van der Waals surface area contributed by atoms with Crippen LogP contribution < -0.4 is 11.5 Å². The fourth-order valence-corrected chi connectivity index (χ4v) is 2.49. The Kier molecular flexibility index (Phi) is 1.89. The highest BCUT2D eigenvalue weighted by Gasteiger charge is 2.13. The van der Waals surface area contributed by atoms with E-state index >= 15 is 0 Å². The highest BCUT2D eigenvalue weighted by Crippen LogP contribution is 2.36. The number of aromatic nitrogens is 1. The smallest absolute Gasteiger partial charge is 0.107 e. The van der Waals surface area contributed by atoms with E-state index in [2.05, 4.69) is 4.98 Å². The van der Waals surface area contributed by atoms with Crippen LogP contribution >= 0.6 is 11.3 Å². The van der Waals surface area contributed by atoms with Gasteiger partial charge in [0.1, 0.15) is 5.52 Å². The van der Waals surface area contributed by atoms with Gasteiger partial charge in [0.05, 0.1) is 21.1 Å². The lowest BCUT2D eigenvalue weighted by Crippen LogP contribution is -1.99. The highest BCUT2D eigenvalue weighted by molar-refractivity contribution is 7.19. The van der Waals surface area contributed by atoms with Gasteiger partial charge in [-0.05, 0) is 31.9 Å². The van der Waals surface area contributed by atoms with Gasteiger partial charge in [0, 0.05) is 0 Å². The molecule has 2 aromatic rings. The first-order valence-corrected chi connectivity index (χ1v) is 5.25. The average molecular weight is 207 g/mol. The van der Waals surface area contributed by atoms with Crippen molar-refractivity contribution in [1.82, 2.24) is 4.98 Å². The van der Waals surface area contributed by atoms with E-state index in [9.17, 15) is 0 Å². The second-order valence-corrected chi connectivity index (χ2v) is 4.69. The van der Waals surface area contributed by atoms with Gasteiger partial charge in [-0.15, -0.1) is 11.3 Å². The minimum absolute atomic E-state index is 0.760. The molecule has 1 aromatic carbocycles. The van der Waals surface area contributed by atoms with E-state index < -0.39 is 0 Å². The molecule has 4 heteroatoms. The molecule has 0 aliphatic heterocycles. The van der Waals surface area contributed by atoms with Crippen molar-refractivity contribution in [2.24, 2.45) is 0 Å². The van der Waals surface area contributed by atoms with Gasteiger partial charge >= 0.3 is 0 Å². The standard InChI is InChI=1S/C10H13N3S/c1-4-5(2)8(12)10-9(7(4)11)13-6(3)14-10/h11-12H2,1-3H3. The van der Waals surface area contributed by atoms with Crippen LogP contribution in [0.1, 0.15) is 16.1 Å². The van der Waals surface area contributed by atoms with Crippen LogP contribution in [0.15, 0.2) is 0 Å². The molecule has 0 saturated heterocycles. The van der Waals surface area contributed by atoms with Crippen molar-refractivity contribution in [2.45, 2.75) is 20.8 Å². The molecular formula is C10H13N3S. The number of rotatable bonds is 0. The quantitative estimate of drug-likeness (QED) is 0.652. The molecule has 1 heterocycles. The zero-order valence-electron chi connectivity index (χ0n) is 8.51. The minimum Gasteiger partial charge on any atom is -0.397 e. The number of benzene rings is 1. The second kappa shape index (κ2) is 2.85. The van der Waals surface area contributed by atoms with E-state index in [0.717, 1.165) is 37.7 Å². The second-order valence-electron chi connectivity index (χ2n) is 3.49. The molecule has 74 valence electrons. The molecule has 0 unspecified atom stereocenters. The third-order valence-corrected chi connectivity index (χ3v) is 3.61. The third kappa shape index (κ3) is 1.07.